The van der Waals surface area contributed by atoms with Gasteiger partial charge in [0.2, 0.25) is 0 Å². The Labute approximate surface area is 203 Å². The highest BCUT2D eigenvalue weighted by Crippen LogP contribution is 2.42. The van der Waals surface area contributed by atoms with E-state index >= 15 is 0 Å². The van der Waals surface area contributed by atoms with Crippen LogP contribution in [0.2, 0.25) is 0 Å². The summed E-state index contributed by atoms with van der Waals surface area (Å²) in [6, 6.07) is 29.0. The van der Waals surface area contributed by atoms with E-state index in [1.165, 1.54) is 20.9 Å². The molecule has 0 fully saturated rings. The second kappa shape index (κ2) is 8.56. The summed E-state index contributed by atoms with van der Waals surface area (Å²) in [4.78, 5) is 9.33. The highest BCUT2D eigenvalue weighted by molar-refractivity contribution is 7.19. The highest BCUT2D eigenvalue weighted by atomic mass is 35.5. The number of hydrogen-bond acceptors (Lipinski definition) is 6. The van der Waals surface area contributed by atoms with Crippen LogP contribution in [0, 0.1) is 0 Å². The Bertz CT molecular complexity index is 1550. The number of halogens is 1. The van der Waals surface area contributed by atoms with Crippen molar-refractivity contribution < 1.29 is 4.63 Å². The second-order valence-electron chi connectivity index (χ2n) is 7.44. The van der Waals surface area contributed by atoms with Gasteiger partial charge in [-0.05, 0) is 45.7 Å². The van der Waals surface area contributed by atoms with Crippen molar-refractivity contribution in [3.63, 3.8) is 0 Å². The van der Waals surface area contributed by atoms with Crippen molar-refractivity contribution in [1.29, 1.82) is 0 Å². The maximum absolute atomic E-state index is 6.40. The van der Waals surface area contributed by atoms with E-state index in [4.69, 9.17) is 21.2 Å². The monoisotopic (exact) mass is 485 g/mol. The lowest BCUT2D eigenvalue weighted by Gasteiger charge is -2.08. The van der Waals surface area contributed by atoms with Gasteiger partial charge in [0.1, 0.15) is 11.2 Å². The van der Waals surface area contributed by atoms with Crippen LogP contribution >= 0.6 is 34.3 Å². The lowest BCUT2D eigenvalue weighted by Crippen LogP contribution is -1.95. The molecular formula is C26H16ClN3OS2. The van der Waals surface area contributed by atoms with E-state index in [-0.39, 0.29) is 5.88 Å². The Morgan fingerprint density at radius 2 is 1.18 bits per heavy atom. The van der Waals surface area contributed by atoms with Gasteiger partial charge >= 0.3 is 0 Å². The van der Waals surface area contributed by atoms with Crippen LogP contribution in [0.15, 0.2) is 89.6 Å². The van der Waals surface area contributed by atoms with E-state index < -0.39 is 0 Å². The molecule has 0 radical (unpaired) electrons. The first kappa shape index (κ1) is 20.3. The van der Waals surface area contributed by atoms with Crippen LogP contribution in [-0.4, -0.2) is 15.3 Å². The molecule has 0 saturated carbocycles. The van der Waals surface area contributed by atoms with Crippen LogP contribution in [0.3, 0.4) is 0 Å². The third-order valence-electron chi connectivity index (χ3n) is 5.42. The number of aromatic nitrogens is 3. The van der Waals surface area contributed by atoms with E-state index in [1.807, 2.05) is 36.4 Å². The molecule has 0 amide bonds. The van der Waals surface area contributed by atoms with Gasteiger partial charge in [0.05, 0.1) is 16.5 Å². The average Bonchev–Trinajstić information content (AvgIpc) is 3.65. The predicted molar refractivity (Wildman–Crippen MR) is 137 cm³/mol. The molecule has 4 heterocycles. The van der Waals surface area contributed by atoms with E-state index in [0.29, 0.717) is 11.0 Å². The Morgan fingerprint density at radius 3 is 1.82 bits per heavy atom. The smallest absolute Gasteiger partial charge is 0.163 e. The third kappa shape index (κ3) is 3.66. The number of alkyl halides is 1. The van der Waals surface area contributed by atoms with Crippen LogP contribution < -0.4 is 0 Å². The molecule has 4 nitrogen and oxygen atoms in total. The molecule has 6 rings (SSSR count). The van der Waals surface area contributed by atoms with Crippen LogP contribution in [-0.2, 0) is 5.88 Å². The fourth-order valence-electron chi connectivity index (χ4n) is 3.87. The number of rotatable bonds is 5. The molecule has 0 N–H and O–H groups in total. The van der Waals surface area contributed by atoms with Gasteiger partial charge in [0, 0.05) is 20.2 Å². The molecule has 0 unspecified atom stereocenters. The van der Waals surface area contributed by atoms with Gasteiger partial charge in [0.25, 0.3) is 0 Å². The molecule has 0 aliphatic heterocycles. The largest absolute Gasteiger partial charge is 0.247 e. The summed E-state index contributed by atoms with van der Waals surface area (Å²) in [6.07, 6.45) is 0. The molecule has 0 saturated heterocycles. The number of thiophene rings is 2. The van der Waals surface area contributed by atoms with Gasteiger partial charge in [-0.25, -0.2) is 9.61 Å². The molecule has 6 aromatic rings. The summed E-state index contributed by atoms with van der Waals surface area (Å²) in [5, 5.41) is 8.49. The third-order valence-corrected chi connectivity index (χ3v) is 7.97. The zero-order chi connectivity index (χ0) is 22.2. The first-order chi connectivity index (χ1) is 16.3. The summed E-state index contributed by atoms with van der Waals surface area (Å²) in [5.41, 5.74) is 6.08. The van der Waals surface area contributed by atoms with Crippen LogP contribution in [0.5, 0.6) is 0 Å². The standard InChI is InChI=1S/C26H16ClN3OS2/c27-15-18-23(21-13-11-19(32-21)16-7-3-1-4-8-16)25-26(30-31-29-25)24(28-18)22-14-12-20(33-22)17-9-5-2-6-10-17/h1-14H,15H2. The van der Waals surface area contributed by atoms with Crippen molar-refractivity contribution in [2.24, 2.45) is 0 Å². The molecule has 0 bridgehead atoms. The molecule has 2 aromatic carbocycles. The normalized spacial score (nSPS) is 11.3. The van der Waals surface area contributed by atoms with Gasteiger partial charge in [-0.3, -0.25) is 0 Å². The first-order valence-electron chi connectivity index (χ1n) is 10.3. The zero-order valence-electron chi connectivity index (χ0n) is 17.2. The number of benzene rings is 2. The van der Waals surface area contributed by atoms with Crippen molar-refractivity contribution in [3.8, 4) is 41.9 Å². The van der Waals surface area contributed by atoms with Crippen molar-refractivity contribution in [2.45, 2.75) is 5.88 Å². The molecule has 0 aliphatic rings. The Hall–Kier alpha value is -3.32. The van der Waals surface area contributed by atoms with Gasteiger partial charge in [-0.2, -0.15) is 0 Å². The van der Waals surface area contributed by atoms with Crippen molar-refractivity contribution in [3.05, 3.63) is 90.6 Å². The van der Waals surface area contributed by atoms with Crippen molar-refractivity contribution >= 4 is 45.3 Å². The summed E-state index contributed by atoms with van der Waals surface area (Å²) in [5.74, 6) is 0.265. The number of nitrogens with zero attached hydrogens (tertiary/aromatic N) is 3. The van der Waals surface area contributed by atoms with Crippen molar-refractivity contribution in [2.75, 3.05) is 0 Å². The van der Waals surface area contributed by atoms with E-state index in [9.17, 15) is 0 Å². The molecule has 0 spiro atoms. The van der Waals surface area contributed by atoms with Crippen LogP contribution in [0.25, 0.3) is 52.9 Å². The van der Waals surface area contributed by atoms with E-state index in [2.05, 4.69) is 58.8 Å². The van der Waals surface area contributed by atoms with Gasteiger partial charge < -0.3 is 0 Å². The summed E-state index contributed by atoms with van der Waals surface area (Å²) >= 11 is 9.75. The predicted octanol–water partition coefficient (Wildman–Crippen LogP) is 8.15. The Morgan fingerprint density at radius 1 is 0.636 bits per heavy atom. The number of fused-ring (bicyclic) bond motifs is 1. The van der Waals surface area contributed by atoms with Crippen LogP contribution in [0.4, 0.5) is 0 Å². The lowest BCUT2D eigenvalue weighted by molar-refractivity contribution is 0.315. The topological polar surface area (TPSA) is 51.8 Å². The minimum absolute atomic E-state index is 0.265. The summed E-state index contributed by atoms with van der Waals surface area (Å²) in [6.45, 7) is 0. The SMILES string of the molecule is ClCc1nc(-c2ccc(-c3ccccc3)s2)c2nonc2c1-c1ccc(-c2ccccc2)s1. The molecule has 7 heteroatoms. The van der Waals surface area contributed by atoms with Gasteiger partial charge in [0.15, 0.2) is 5.52 Å². The summed E-state index contributed by atoms with van der Waals surface area (Å²) < 4.78 is 5.20. The molecule has 0 aliphatic carbocycles. The number of pyridine rings is 1. The minimum Gasteiger partial charge on any atom is -0.247 e. The number of hydrogen-bond donors (Lipinski definition) is 0. The molecular weight excluding hydrogens is 470 g/mol. The van der Waals surface area contributed by atoms with Crippen LogP contribution in [0.1, 0.15) is 5.69 Å². The maximum atomic E-state index is 6.40. The van der Waals surface area contributed by atoms with Gasteiger partial charge in [-0.15, -0.1) is 34.3 Å². The summed E-state index contributed by atoms with van der Waals surface area (Å²) in [7, 11) is 0. The molecule has 0 atom stereocenters. The Balaban J connectivity index is 1.48. The highest BCUT2D eigenvalue weighted by Gasteiger charge is 2.23. The minimum atomic E-state index is 0.265. The first-order valence-corrected chi connectivity index (χ1v) is 12.5. The zero-order valence-corrected chi connectivity index (χ0v) is 19.6. The van der Waals surface area contributed by atoms with E-state index in [1.54, 1.807) is 22.7 Å². The fourth-order valence-corrected chi connectivity index (χ4v) is 6.14. The quantitative estimate of drug-likeness (QED) is 0.231. The maximum Gasteiger partial charge on any atom is 0.163 e. The molecule has 4 aromatic heterocycles. The van der Waals surface area contributed by atoms with Gasteiger partial charge in [-0.1, -0.05) is 60.7 Å². The Kier molecular flexibility index (Phi) is 5.26. The fraction of sp³-hybridized carbons (Fsp3) is 0.0385. The average molecular weight is 486 g/mol. The van der Waals surface area contributed by atoms with E-state index in [0.717, 1.165) is 26.7 Å². The van der Waals surface area contributed by atoms with Crippen molar-refractivity contribution in [1.82, 2.24) is 15.3 Å². The molecule has 33 heavy (non-hydrogen) atoms. The lowest BCUT2D eigenvalue weighted by atomic mass is 10.1. The second-order valence-corrected chi connectivity index (χ2v) is 9.87. The molecule has 160 valence electrons.